The molecule has 0 N–H and O–H groups in total. The highest BCUT2D eigenvalue weighted by atomic mass is 33.1. The summed E-state index contributed by atoms with van der Waals surface area (Å²) in [5.74, 6) is 1.34. The van der Waals surface area contributed by atoms with Crippen LogP contribution in [0.1, 0.15) is 239 Å². The lowest BCUT2D eigenvalue weighted by Crippen LogP contribution is -2.24. The van der Waals surface area contributed by atoms with Gasteiger partial charge >= 0.3 is 17.9 Å². The van der Waals surface area contributed by atoms with Gasteiger partial charge in [0.15, 0.2) is 0 Å². The lowest BCUT2D eigenvalue weighted by Gasteiger charge is -2.17. The van der Waals surface area contributed by atoms with Gasteiger partial charge in [-0.15, -0.1) is 0 Å². The van der Waals surface area contributed by atoms with E-state index in [0.29, 0.717) is 36.9 Å². The summed E-state index contributed by atoms with van der Waals surface area (Å²) in [6, 6.07) is 7.33. The predicted octanol–water partition coefficient (Wildman–Crippen LogP) is 16.1. The van der Waals surface area contributed by atoms with Crippen LogP contribution >= 0.6 is 21.6 Å². The Labute approximate surface area is 396 Å². The summed E-state index contributed by atoms with van der Waals surface area (Å²) in [5, 5.41) is 0. The Hall–Kier alpha value is -1.71. The molecule has 0 spiro atoms. The van der Waals surface area contributed by atoms with Gasteiger partial charge in [-0.25, -0.2) is 0 Å². The Morgan fingerprint density at radius 3 is 1.27 bits per heavy atom. The topological polar surface area (TPSA) is 82.1 Å². The van der Waals surface area contributed by atoms with Gasteiger partial charge in [0.1, 0.15) is 19.0 Å². The van der Waals surface area contributed by atoms with Crippen molar-refractivity contribution in [3.8, 4) is 5.75 Å². The average molecular weight is 921 g/mol. The molecule has 0 aliphatic carbocycles. The zero-order valence-electron chi connectivity index (χ0n) is 41.4. The fourth-order valence-electron chi connectivity index (χ4n) is 8.20. The molecule has 7 nitrogen and oxygen atoms in total. The predicted molar refractivity (Wildman–Crippen MR) is 273 cm³/mol. The van der Waals surface area contributed by atoms with Crippen molar-refractivity contribution in [1.82, 2.24) is 4.90 Å². The maximum atomic E-state index is 13.5. The number of carbonyl (C=O) groups excluding carboxylic acids is 3. The fourth-order valence-corrected chi connectivity index (χ4v) is 9.85. The SMILES string of the molecule is CCCCCCCCCCCCCCCCC(CCCCCCCCCCCCCCCC)C(=O)Oc1ccc(CC(=O)OCCSSCCOC(=O)CCCN(CC)CC)cc1. The van der Waals surface area contributed by atoms with Gasteiger partial charge in [0, 0.05) is 17.9 Å². The van der Waals surface area contributed by atoms with Crippen molar-refractivity contribution in [2.45, 2.75) is 240 Å². The van der Waals surface area contributed by atoms with Crippen molar-refractivity contribution >= 4 is 39.5 Å². The van der Waals surface area contributed by atoms with Crippen molar-refractivity contribution in [3.05, 3.63) is 29.8 Å². The minimum Gasteiger partial charge on any atom is -0.465 e. The summed E-state index contributed by atoms with van der Waals surface area (Å²) in [4.78, 5) is 40.3. The van der Waals surface area contributed by atoms with Crippen LogP contribution in [-0.4, -0.2) is 67.2 Å². The molecule has 0 aliphatic rings. The Morgan fingerprint density at radius 1 is 0.492 bits per heavy atom. The van der Waals surface area contributed by atoms with Gasteiger partial charge in [-0.2, -0.15) is 0 Å². The van der Waals surface area contributed by atoms with Crippen molar-refractivity contribution < 1.29 is 28.6 Å². The lowest BCUT2D eigenvalue weighted by molar-refractivity contribution is -0.143. The van der Waals surface area contributed by atoms with Gasteiger partial charge in [-0.1, -0.05) is 241 Å². The molecule has 0 bridgehead atoms. The fraction of sp³-hybridized carbons (Fsp3) is 0.833. The first kappa shape index (κ1) is 59.3. The number of carbonyl (C=O) groups is 3. The van der Waals surface area contributed by atoms with Crippen LogP contribution in [0.2, 0.25) is 0 Å². The van der Waals surface area contributed by atoms with E-state index in [4.69, 9.17) is 14.2 Å². The number of benzene rings is 1. The molecule has 0 heterocycles. The maximum Gasteiger partial charge on any atom is 0.314 e. The first-order chi connectivity index (χ1) is 30.9. The van der Waals surface area contributed by atoms with Gasteiger partial charge in [-0.3, -0.25) is 14.4 Å². The third-order valence-corrected chi connectivity index (χ3v) is 14.7. The molecule has 0 amide bonds. The van der Waals surface area contributed by atoms with E-state index in [1.54, 1.807) is 33.7 Å². The standard InChI is InChI=1S/C54H97NO6S2/c1-5-9-11-13-15-17-19-21-23-25-27-29-31-33-36-50(37-34-32-30-28-26-24-22-20-18-16-14-12-10-6-2)54(58)61-51-41-39-49(40-42-51)48-53(57)60-45-47-63-62-46-44-59-52(56)38-35-43-55(7-3)8-4/h39-42,50H,5-38,43-48H2,1-4H3. The quantitative estimate of drug-likeness (QED) is 0.0275. The molecule has 0 saturated carbocycles. The largest absolute Gasteiger partial charge is 0.465 e. The van der Waals surface area contributed by atoms with E-state index >= 15 is 0 Å². The van der Waals surface area contributed by atoms with Gasteiger partial charge in [0.2, 0.25) is 0 Å². The van der Waals surface area contributed by atoms with Crippen molar-refractivity contribution in [1.29, 1.82) is 0 Å². The molecule has 0 saturated heterocycles. The van der Waals surface area contributed by atoms with Crippen molar-refractivity contribution in [2.75, 3.05) is 44.4 Å². The van der Waals surface area contributed by atoms with E-state index < -0.39 is 0 Å². The molecule has 9 heteroatoms. The molecule has 1 aromatic carbocycles. The lowest BCUT2D eigenvalue weighted by atomic mass is 9.94. The van der Waals surface area contributed by atoms with Crippen LogP contribution in [-0.2, 0) is 30.3 Å². The average Bonchev–Trinajstić information content (AvgIpc) is 3.28. The Balaban J connectivity index is 2.36. The second-order valence-corrected chi connectivity index (χ2v) is 20.6. The van der Waals surface area contributed by atoms with Gasteiger partial charge in [0.05, 0.1) is 12.3 Å². The van der Waals surface area contributed by atoms with Gasteiger partial charge < -0.3 is 19.1 Å². The van der Waals surface area contributed by atoms with Crippen molar-refractivity contribution in [3.63, 3.8) is 0 Å². The van der Waals surface area contributed by atoms with Crippen molar-refractivity contribution in [2.24, 2.45) is 5.92 Å². The maximum absolute atomic E-state index is 13.5. The van der Waals surface area contributed by atoms with Crippen LogP contribution in [0.25, 0.3) is 0 Å². The van der Waals surface area contributed by atoms with E-state index in [0.717, 1.165) is 57.3 Å². The van der Waals surface area contributed by atoms with Crippen LogP contribution in [0.3, 0.4) is 0 Å². The highest BCUT2D eigenvalue weighted by molar-refractivity contribution is 8.76. The highest BCUT2D eigenvalue weighted by Crippen LogP contribution is 2.24. The third kappa shape index (κ3) is 38.1. The number of unbranched alkanes of at least 4 members (excludes halogenated alkanes) is 26. The van der Waals surface area contributed by atoms with Crippen LogP contribution in [0, 0.1) is 5.92 Å². The highest BCUT2D eigenvalue weighted by Gasteiger charge is 2.20. The summed E-state index contributed by atoms with van der Waals surface area (Å²) in [7, 11) is 3.23. The third-order valence-electron chi connectivity index (χ3n) is 12.3. The molecule has 1 rings (SSSR count). The molecular weight excluding hydrogens is 823 g/mol. The second-order valence-electron chi connectivity index (χ2n) is 17.9. The zero-order valence-corrected chi connectivity index (χ0v) is 43.0. The molecule has 0 unspecified atom stereocenters. The van der Waals surface area contributed by atoms with Crippen LogP contribution < -0.4 is 4.74 Å². The number of nitrogens with zero attached hydrogens (tertiary/aromatic N) is 1. The molecule has 0 fully saturated rings. The van der Waals surface area contributed by atoms with E-state index in [2.05, 4.69) is 32.6 Å². The van der Waals surface area contributed by atoms with Crippen LogP contribution in [0.15, 0.2) is 24.3 Å². The number of rotatable bonds is 47. The number of hydrogen-bond donors (Lipinski definition) is 0. The first-order valence-corrected chi connectivity index (χ1v) is 29.0. The monoisotopic (exact) mass is 920 g/mol. The molecular formula is C54H97NO6S2. The summed E-state index contributed by atoms with van der Waals surface area (Å²) in [6.07, 6.45) is 40.6. The van der Waals surface area contributed by atoms with Gasteiger partial charge in [0.25, 0.3) is 0 Å². The molecule has 366 valence electrons. The number of ether oxygens (including phenoxy) is 3. The summed E-state index contributed by atoms with van der Waals surface area (Å²) >= 11 is 0. The van der Waals surface area contributed by atoms with E-state index in [9.17, 15) is 14.4 Å². The molecule has 63 heavy (non-hydrogen) atoms. The minimum absolute atomic E-state index is 0.0621. The molecule has 0 atom stereocenters. The smallest absolute Gasteiger partial charge is 0.314 e. The summed E-state index contributed by atoms with van der Waals surface area (Å²) in [5.41, 5.74) is 0.835. The Morgan fingerprint density at radius 2 is 0.873 bits per heavy atom. The summed E-state index contributed by atoms with van der Waals surface area (Å²) in [6.45, 7) is 12.5. The van der Waals surface area contributed by atoms with E-state index in [-0.39, 0.29) is 30.2 Å². The number of esters is 3. The Kier molecular flexibility index (Phi) is 42.8. The van der Waals surface area contributed by atoms with Gasteiger partial charge in [-0.05, 0) is 56.6 Å². The summed E-state index contributed by atoms with van der Waals surface area (Å²) < 4.78 is 16.7. The van der Waals surface area contributed by atoms with E-state index in [1.807, 2.05) is 12.1 Å². The van der Waals surface area contributed by atoms with E-state index in [1.165, 1.54) is 167 Å². The van der Waals surface area contributed by atoms with Crippen LogP contribution in [0.4, 0.5) is 0 Å². The molecule has 1 aromatic rings. The first-order valence-electron chi connectivity index (χ1n) is 26.5. The van der Waals surface area contributed by atoms with Crippen LogP contribution in [0.5, 0.6) is 5.75 Å². The zero-order chi connectivity index (χ0) is 45.7. The minimum atomic E-state index is -0.273. The Bertz CT molecular complexity index is 1150. The molecule has 0 aromatic heterocycles. The normalized spacial score (nSPS) is 11.5. The molecule has 0 radical (unpaired) electrons. The second kappa shape index (κ2) is 45.4. The number of hydrogen-bond acceptors (Lipinski definition) is 9. The molecule has 0 aliphatic heterocycles.